The van der Waals surface area contributed by atoms with Crippen molar-refractivity contribution < 1.29 is 0 Å². The van der Waals surface area contributed by atoms with Gasteiger partial charge < -0.3 is 0 Å². The summed E-state index contributed by atoms with van der Waals surface area (Å²) in [5.41, 5.74) is 0. The molecule has 16 heavy (non-hydrogen) atoms. The first kappa shape index (κ1) is 12.7. The number of nitrogens with zero attached hydrogens (tertiary/aromatic N) is 2. The van der Waals surface area contributed by atoms with Gasteiger partial charge in [-0.05, 0) is 51.6 Å². The minimum absolute atomic E-state index is 0.815. The van der Waals surface area contributed by atoms with Crippen molar-refractivity contribution in [3.8, 4) is 0 Å². The van der Waals surface area contributed by atoms with E-state index in [1.54, 1.807) is 0 Å². The quantitative estimate of drug-likeness (QED) is 0.747. The van der Waals surface area contributed by atoms with Crippen molar-refractivity contribution >= 4 is 11.8 Å². The van der Waals surface area contributed by atoms with E-state index in [1.165, 1.54) is 57.6 Å². The lowest BCUT2D eigenvalue weighted by atomic mass is 10.1. The molecule has 0 aromatic carbocycles. The molecule has 2 aliphatic heterocycles. The SMILES string of the molecule is CCC(CSC)N1CCCN2CCCC2C1. The van der Waals surface area contributed by atoms with Crippen molar-refractivity contribution in [1.29, 1.82) is 0 Å². The highest BCUT2D eigenvalue weighted by atomic mass is 32.2. The fourth-order valence-electron chi connectivity index (χ4n) is 3.24. The normalized spacial score (nSPS) is 30.0. The van der Waals surface area contributed by atoms with Gasteiger partial charge >= 0.3 is 0 Å². The van der Waals surface area contributed by atoms with E-state index < -0.39 is 0 Å². The third-order valence-electron chi connectivity index (χ3n) is 4.18. The summed E-state index contributed by atoms with van der Waals surface area (Å²) in [6, 6.07) is 1.69. The average Bonchev–Trinajstić information content (AvgIpc) is 2.64. The van der Waals surface area contributed by atoms with Gasteiger partial charge in [-0.15, -0.1) is 0 Å². The van der Waals surface area contributed by atoms with Gasteiger partial charge in [-0.2, -0.15) is 11.8 Å². The van der Waals surface area contributed by atoms with Crippen LogP contribution < -0.4 is 0 Å². The summed E-state index contributed by atoms with van der Waals surface area (Å²) in [6.07, 6.45) is 7.79. The molecule has 2 rings (SSSR count). The molecule has 0 bridgehead atoms. The molecular weight excluding hydrogens is 216 g/mol. The Morgan fingerprint density at radius 3 is 2.81 bits per heavy atom. The molecule has 0 saturated carbocycles. The standard InChI is InChI=1S/C13H26N2S/c1-3-12(11-16-2)15-9-5-8-14-7-4-6-13(14)10-15/h12-13H,3-11H2,1-2H3. The fraction of sp³-hybridized carbons (Fsp3) is 1.00. The van der Waals surface area contributed by atoms with Crippen LogP contribution in [0.5, 0.6) is 0 Å². The van der Waals surface area contributed by atoms with Crippen molar-refractivity contribution in [1.82, 2.24) is 9.80 Å². The lowest BCUT2D eigenvalue weighted by Crippen LogP contribution is -2.42. The molecule has 2 nitrogen and oxygen atoms in total. The minimum atomic E-state index is 0.815. The summed E-state index contributed by atoms with van der Waals surface area (Å²) < 4.78 is 0. The molecule has 0 aromatic rings. The predicted molar refractivity (Wildman–Crippen MR) is 73.2 cm³/mol. The van der Waals surface area contributed by atoms with Crippen LogP contribution in [0.2, 0.25) is 0 Å². The molecule has 2 atom stereocenters. The molecule has 0 spiro atoms. The van der Waals surface area contributed by atoms with Gasteiger partial charge in [0, 0.05) is 24.4 Å². The van der Waals surface area contributed by atoms with Gasteiger partial charge in [0.25, 0.3) is 0 Å². The van der Waals surface area contributed by atoms with Crippen LogP contribution in [0, 0.1) is 0 Å². The van der Waals surface area contributed by atoms with Crippen LogP contribution >= 0.6 is 11.8 Å². The fourth-order valence-corrected chi connectivity index (χ4v) is 4.07. The van der Waals surface area contributed by atoms with E-state index in [-0.39, 0.29) is 0 Å². The Labute approximate surface area is 105 Å². The van der Waals surface area contributed by atoms with E-state index in [0.29, 0.717) is 0 Å². The first-order valence-electron chi connectivity index (χ1n) is 6.82. The highest BCUT2D eigenvalue weighted by molar-refractivity contribution is 7.98. The number of hydrogen-bond donors (Lipinski definition) is 0. The topological polar surface area (TPSA) is 6.48 Å². The Morgan fingerprint density at radius 1 is 1.25 bits per heavy atom. The maximum Gasteiger partial charge on any atom is 0.0223 e. The minimum Gasteiger partial charge on any atom is -0.299 e. The molecule has 2 saturated heterocycles. The summed E-state index contributed by atoms with van der Waals surface area (Å²) in [5, 5.41) is 0. The van der Waals surface area contributed by atoms with E-state index in [4.69, 9.17) is 0 Å². The lowest BCUT2D eigenvalue weighted by Gasteiger charge is -2.32. The van der Waals surface area contributed by atoms with Crippen molar-refractivity contribution in [2.24, 2.45) is 0 Å². The monoisotopic (exact) mass is 242 g/mol. The van der Waals surface area contributed by atoms with E-state index in [1.807, 2.05) is 11.8 Å². The van der Waals surface area contributed by atoms with Crippen LogP contribution in [0.4, 0.5) is 0 Å². The average molecular weight is 242 g/mol. The van der Waals surface area contributed by atoms with Gasteiger partial charge in [0.1, 0.15) is 0 Å². The highest BCUT2D eigenvalue weighted by Gasteiger charge is 2.30. The first-order valence-corrected chi connectivity index (χ1v) is 8.21. The number of rotatable bonds is 4. The zero-order chi connectivity index (χ0) is 11.4. The smallest absolute Gasteiger partial charge is 0.0223 e. The van der Waals surface area contributed by atoms with Crippen LogP contribution in [0.15, 0.2) is 0 Å². The van der Waals surface area contributed by atoms with Crippen molar-refractivity contribution in [3.63, 3.8) is 0 Å². The van der Waals surface area contributed by atoms with Gasteiger partial charge in [0.2, 0.25) is 0 Å². The zero-order valence-electron chi connectivity index (χ0n) is 10.8. The maximum absolute atomic E-state index is 2.77. The van der Waals surface area contributed by atoms with Crippen LogP contribution in [0.3, 0.4) is 0 Å². The van der Waals surface area contributed by atoms with Crippen LogP contribution in [0.25, 0.3) is 0 Å². The van der Waals surface area contributed by atoms with Crippen molar-refractivity contribution in [2.75, 3.05) is 38.2 Å². The van der Waals surface area contributed by atoms with Crippen LogP contribution in [-0.4, -0.2) is 60.1 Å². The van der Waals surface area contributed by atoms with Crippen molar-refractivity contribution in [3.05, 3.63) is 0 Å². The molecule has 2 unspecified atom stereocenters. The molecule has 3 heteroatoms. The third-order valence-corrected chi connectivity index (χ3v) is 4.90. The van der Waals surface area contributed by atoms with Crippen LogP contribution in [0.1, 0.15) is 32.6 Å². The molecule has 0 aliphatic carbocycles. The molecule has 2 aliphatic rings. The molecule has 94 valence electrons. The van der Waals surface area contributed by atoms with Gasteiger partial charge in [-0.25, -0.2) is 0 Å². The Kier molecular flexibility index (Phi) is 4.98. The Hall–Kier alpha value is 0.270. The zero-order valence-corrected chi connectivity index (χ0v) is 11.6. The summed E-state index contributed by atoms with van der Waals surface area (Å²) in [5.74, 6) is 1.31. The van der Waals surface area contributed by atoms with Gasteiger partial charge in [-0.3, -0.25) is 9.80 Å². The Bertz CT molecular complexity index is 210. The van der Waals surface area contributed by atoms with Gasteiger partial charge in [0.15, 0.2) is 0 Å². The molecule has 0 radical (unpaired) electrons. The molecule has 0 N–H and O–H groups in total. The van der Waals surface area contributed by atoms with Gasteiger partial charge in [0.05, 0.1) is 0 Å². The Morgan fingerprint density at radius 2 is 2.06 bits per heavy atom. The summed E-state index contributed by atoms with van der Waals surface area (Å²) >= 11 is 2.00. The lowest BCUT2D eigenvalue weighted by molar-refractivity contribution is 0.181. The second kappa shape index (κ2) is 6.27. The third kappa shape index (κ3) is 2.93. The maximum atomic E-state index is 2.77. The summed E-state index contributed by atoms with van der Waals surface area (Å²) in [4.78, 5) is 5.50. The van der Waals surface area contributed by atoms with Gasteiger partial charge in [-0.1, -0.05) is 6.92 Å². The summed E-state index contributed by atoms with van der Waals surface area (Å²) in [6.45, 7) is 7.71. The second-order valence-corrected chi connectivity index (χ2v) is 6.11. The highest BCUT2D eigenvalue weighted by Crippen LogP contribution is 2.23. The second-order valence-electron chi connectivity index (χ2n) is 5.20. The van der Waals surface area contributed by atoms with E-state index >= 15 is 0 Å². The molecular formula is C13H26N2S. The number of hydrogen-bond acceptors (Lipinski definition) is 3. The van der Waals surface area contributed by atoms with E-state index in [2.05, 4.69) is 23.0 Å². The Balaban J connectivity index is 1.93. The number of thioether (sulfide) groups is 1. The molecule has 2 fully saturated rings. The van der Waals surface area contributed by atoms with Crippen molar-refractivity contribution in [2.45, 2.75) is 44.7 Å². The molecule has 0 amide bonds. The van der Waals surface area contributed by atoms with Crippen LogP contribution in [-0.2, 0) is 0 Å². The summed E-state index contributed by atoms with van der Waals surface area (Å²) in [7, 11) is 0. The van der Waals surface area contributed by atoms with E-state index in [0.717, 1.165) is 12.1 Å². The largest absolute Gasteiger partial charge is 0.299 e. The molecule has 2 heterocycles. The first-order chi connectivity index (χ1) is 7.85. The predicted octanol–water partition coefficient (Wildman–Crippen LogP) is 2.30. The molecule has 0 aromatic heterocycles. The number of fused-ring (bicyclic) bond motifs is 1. The van der Waals surface area contributed by atoms with E-state index in [9.17, 15) is 0 Å².